The lowest BCUT2D eigenvalue weighted by atomic mass is 9.84. The Kier molecular flexibility index (Phi) is 10.6. The maximum atomic E-state index is 12.1. The Hall–Kier alpha value is -4.45. The van der Waals surface area contributed by atoms with Gasteiger partial charge in [0.15, 0.2) is 6.10 Å². The molecule has 6 atom stereocenters. The molecule has 0 bridgehead atoms. The molecule has 2 aromatic rings. The largest absolute Gasteiger partial charge is 0.481 e. The zero-order valence-corrected chi connectivity index (χ0v) is 24.2. The summed E-state index contributed by atoms with van der Waals surface area (Å²) in [6.45, 7) is 6.78. The van der Waals surface area contributed by atoms with Crippen molar-refractivity contribution in [3.05, 3.63) is 53.6 Å². The van der Waals surface area contributed by atoms with Gasteiger partial charge in [-0.25, -0.2) is 0 Å². The van der Waals surface area contributed by atoms with Crippen LogP contribution in [-0.2, 0) is 38.1 Å². The minimum atomic E-state index is -1.35. The molecular weight excluding hydrogens is 550 g/mol. The first-order valence-electron chi connectivity index (χ1n) is 13.3. The van der Waals surface area contributed by atoms with Gasteiger partial charge in [0.2, 0.25) is 6.29 Å². The third kappa shape index (κ3) is 8.06. The number of carbonyl (C=O) groups excluding carboxylic acids is 4. The molecule has 1 saturated heterocycles. The normalized spacial score (nSPS) is 22.3. The second kappa shape index (κ2) is 13.9. The highest BCUT2D eigenvalue weighted by Crippen LogP contribution is 2.37. The number of rotatable bonds is 10. The van der Waals surface area contributed by atoms with Crippen molar-refractivity contribution in [2.24, 2.45) is 5.92 Å². The molecule has 42 heavy (non-hydrogen) atoms. The number of amides is 1. The number of hydrogen-bond acceptors (Lipinski definition) is 10. The summed E-state index contributed by atoms with van der Waals surface area (Å²) >= 11 is 0. The van der Waals surface area contributed by atoms with Crippen LogP contribution in [0.25, 0.3) is 11.1 Å². The average molecular weight is 586 g/mol. The molecular formula is C30H35NO11. The number of aliphatic carboxylic acids is 1. The number of aryl methyl sites for hydroxylation is 1. The van der Waals surface area contributed by atoms with Crippen LogP contribution in [-0.4, -0.2) is 72.6 Å². The Bertz CT molecular complexity index is 1340. The van der Waals surface area contributed by atoms with E-state index >= 15 is 0 Å². The third-order valence-corrected chi connectivity index (χ3v) is 6.66. The van der Waals surface area contributed by atoms with Gasteiger partial charge in [0.25, 0.3) is 5.91 Å². The molecule has 0 saturated carbocycles. The predicted molar refractivity (Wildman–Crippen MR) is 147 cm³/mol. The molecule has 2 N–H and O–H groups in total. The number of carboxylic acids is 1. The number of nitrogens with one attached hydrogen (secondary N) is 1. The van der Waals surface area contributed by atoms with Crippen LogP contribution in [0.2, 0.25) is 0 Å². The Morgan fingerprint density at radius 2 is 1.57 bits per heavy atom. The summed E-state index contributed by atoms with van der Waals surface area (Å²) in [4.78, 5) is 59.8. The zero-order chi connectivity index (χ0) is 31.1. The summed E-state index contributed by atoms with van der Waals surface area (Å²) in [5, 5.41) is 12.3. The number of esters is 3. The summed E-state index contributed by atoms with van der Waals surface area (Å²) in [7, 11) is 1.55. The van der Waals surface area contributed by atoms with Crippen LogP contribution >= 0.6 is 0 Å². The first kappa shape index (κ1) is 32.1. The summed E-state index contributed by atoms with van der Waals surface area (Å²) in [5.74, 6) is -4.33. The molecule has 226 valence electrons. The minimum Gasteiger partial charge on any atom is -0.481 e. The number of carbonyl (C=O) groups is 5. The van der Waals surface area contributed by atoms with E-state index in [1.807, 2.05) is 12.1 Å². The van der Waals surface area contributed by atoms with Gasteiger partial charge in [0, 0.05) is 33.4 Å². The molecule has 1 aliphatic rings. The van der Waals surface area contributed by atoms with E-state index in [9.17, 15) is 29.1 Å². The zero-order valence-electron chi connectivity index (χ0n) is 24.2. The molecule has 0 radical (unpaired) electrons. The Labute approximate surface area is 243 Å². The molecule has 0 aliphatic carbocycles. The highest BCUT2D eigenvalue weighted by atomic mass is 16.7. The monoisotopic (exact) mass is 585 g/mol. The quantitative estimate of drug-likeness (QED) is 0.311. The van der Waals surface area contributed by atoms with Gasteiger partial charge in [0.1, 0.15) is 24.1 Å². The van der Waals surface area contributed by atoms with E-state index in [2.05, 4.69) is 5.32 Å². The van der Waals surface area contributed by atoms with Gasteiger partial charge in [-0.1, -0.05) is 18.2 Å². The highest BCUT2D eigenvalue weighted by molar-refractivity contribution is 5.95. The lowest BCUT2D eigenvalue weighted by molar-refractivity contribution is -0.283. The number of benzene rings is 2. The van der Waals surface area contributed by atoms with Crippen LogP contribution in [0.4, 0.5) is 0 Å². The van der Waals surface area contributed by atoms with E-state index in [-0.39, 0.29) is 5.91 Å². The SMILES string of the molecule is CNC(=O)c1cccc(-c2ccc(O[C@H]3O[C@H]([C@H](C)OC(C)=O)[C@H](OC(C)=O)[C@H](CC(=O)O)[C@@H]3OC(C)=O)c(C)c2)c1. The summed E-state index contributed by atoms with van der Waals surface area (Å²) < 4.78 is 28.6. The maximum absolute atomic E-state index is 12.1. The molecule has 2 aromatic carbocycles. The number of ether oxygens (including phenoxy) is 5. The van der Waals surface area contributed by atoms with Crippen molar-refractivity contribution in [3.63, 3.8) is 0 Å². The van der Waals surface area contributed by atoms with E-state index in [0.29, 0.717) is 16.9 Å². The number of carboxylic acid groups (broad SMARTS) is 1. The van der Waals surface area contributed by atoms with Crippen molar-refractivity contribution in [3.8, 4) is 16.9 Å². The molecule has 12 nitrogen and oxygen atoms in total. The van der Waals surface area contributed by atoms with Gasteiger partial charge in [0.05, 0.1) is 12.3 Å². The van der Waals surface area contributed by atoms with Crippen LogP contribution < -0.4 is 10.1 Å². The van der Waals surface area contributed by atoms with Crippen LogP contribution in [0.1, 0.15) is 50.0 Å². The van der Waals surface area contributed by atoms with Gasteiger partial charge in [-0.2, -0.15) is 0 Å². The highest BCUT2D eigenvalue weighted by Gasteiger charge is 2.53. The lowest BCUT2D eigenvalue weighted by Crippen LogP contribution is -2.61. The molecule has 0 unspecified atom stereocenters. The lowest BCUT2D eigenvalue weighted by Gasteiger charge is -2.46. The van der Waals surface area contributed by atoms with Gasteiger partial charge in [-0.3, -0.25) is 24.0 Å². The summed E-state index contributed by atoms with van der Waals surface area (Å²) in [6.07, 6.45) is -6.59. The second-order valence-corrected chi connectivity index (χ2v) is 9.95. The topological polar surface area (TPSA) is 164 Å². The van der Waals surface area contributed by atoms with E-state index in [1.165, 1.54) is 13.8 Å². The first-order chi connectivity index (χ1) is 19.8. The minimum absolute atomic E-state index is 0.222. The Morgan fingerprint density at radius 1 is 0.929 bits per heavy atom. The fraction of sp³-hybridized carbons (Fsp3) is 0.433. The summed E-state index contributed by atoms with van der Waals surface area (Å²) in [5.41, 5.74) is 2.74. The number of hydrogen-bond donors (Lipinski definition) is 2. The molecule has 0 spiro atoms. The van der Waals surface area contributed by atoms with Crippen molar-refractivity contribution in [1.82, 2.24) is 5.32 Å². The Morgan fingerprint density at radius 3 is 2.14 bits per heavy atom. The summed E-state index contributed by atoms with van der Waals surface area (Å²) in [6, 6.07) is 12.3. The molecule has 12 heteroatoms. The smallest absolute Gasteiger partial charge is 0.303 e. The van der Waals surface area contributed by atoms with E-state index in [0.717, 1.165) is 25.0 Å². The molecule has 1 aliphatic heterocycles. The second-order valence-electron chi connectivity index (χ2n) is 9.95. The van der Waals surface area contributed by atoms with Crippen molar-refractivity contribution >= 4 is 29.8 Å². The van der Waals surface area contributed by atoms with E-state index in [1.54, 1.807) is 44.3 Å². The predicted octanol–water partition coefficient (Wildman–Crippen LogP) is 3.03. The molecule has 1 amide bonds. The molecule has 0 aromatic heterocycles. The third-order valence-electron chi connectivity index (χ3n) is 6.66. The molecule has 1 fully saturated rings. The average Bonchev–Trinajstić information content (AvgIpc) is 2.91. The molecule has 1 heterocycles. The van der Waals surface area contributed by atoms with Gasteiger partial charge in [-0.05, 0) is 54.8 Å². The standard InChI is InChI=1S/C30H35NO11/c1-15-12-21(20-8-7-9-22(13-20)29(37)31-6)10-11-24(15)41-30-28(40-19(5)34)23(14-25(35)36)27(39-18(4)33)26(42-30)16(2)38-17(3)32/h7-13,16,23,26-28,30H,14H2,1-6H3,(H,31,37)(H,35,36)/t16-,23-,26+,27+,28-,30-/m0/s1. The molecule has 3 rings (SSSR count). The first-order valence-corrected chi connectivity index (χ1v) is 13.3. The van der Waals surface area contributed by atoms with Crippen molar-refractivity contribution in [2.45, 2.75) is 71.7 Å². The van der Waals surface area contributed by atoms with E-state index in [4.69, 9.17) is 23.7 Å². The maximum Gasteiger partial charge on any atom is 0.303 e. The fourth-order valence-electron chi connectivity index (χ4n) is 4.93. The fourth-order valence-corrected chi connectivity index (χ4v) is 4.93. The van der Waals surface area contributed by atoms with Gasteiger partial charge < -0.3 is 34.1 Å². The van der Waals surface area contributed by atoms with Crippen LogP contribution in [0.15, 0.2) is 42.5 Å². The van der Waals surface area contributed by atoms with Gasteiger partial charge in [-0.15, -0.1) is 0 Å². The van der Waals surface area contributed by atoms with Crippen molar-refractivity contribution < 1.29 is 52.8 Å². The Balaban J connectivity index is 2.01. The van der Waals surface area contributed by atoms with Gasteiger partial charge >= 0.3 is 23.9 Å². The van der Waals surface area contributed by atoms with Crippen LogP contribution in [0.5, 0.6) is 5.75 Å². The van der Waals surface area contributed by atoms with E-state index < -0.39 is 66.9 Å². The van der Waals surface area contributed by atoms with Crippen molar-refractivity contribution in [2.75, 3.05) is 7.05 Å². The van der Waals surface area contributed by atoms with Crippen molar-refractivity contribution in [1.29, 1.82) is 0 Å². The van der Waals surface area contributed by atoms with Crippen LogP contribution in [0, 0.1) is 12.8 Å². The van der Waals surface area contributed by atoms with Crippen LogP contribution in [0.3, 0.4) is 0 Å².